The van der Waals surface area contributed by atoms with Crippen molar-refractivity contribution in [1.29, 1.82) is 0 Å². The first-order valence-corrected chi connectivity index (χ1v) is 7.48. The molecule has 2 aromatic rings. The topological polar surface area (TPSA) is 76.4 Å². The van der Waals surface area contributed by atoms with Gasteiger partial charge in [-0.2, -0.15) is 0 Å². The Bertz CT molecular complexity index is 720. The summed E-state index contributed by atoms with van der Waals surface area (Å²) in [6, 6.07) is 4.65. The molecule has 0 aliphatic carbocycles. The van der Waals surface area contributed by atoms with E-state index in [1.807, 2.05) is 27.7 Å². The van der Waals surface area contributed by atoms with Crippen molar-refractivity contribution in [3.05, 3.63) is 34.5 Å². The van der Waals surface area contributed by atoms with Crippen molar-refractivity contribution in [2.24, 2.45) is 0 Å². The maximum atomic E-state index is 12.1. The molecule has 6 nitrogen and oxygen atoms in total. The Morgan fingerprint density at radius 3 is 2.52 bits per heavy atom. The van der Waals surface area contributed by atoms with Crippen LogP contribution in [0.1, 0.15) is 32.1 Å². The van der Waals surface area contributed by atoms with E-state index in [1.165, 1.54) is 7.11 Å². The molecule has 0 radical (unpaired) electrons. The summed E-state index contributed by atoms with van der Waals surface area (Å²) < 4.78 is 10.4. The van der Waals surface area contributed by atoms with Crippen LogP contribution in [0.3, 0.4) is 0 Å². The first kappa shape index (κ1) is 17.1. The number of hydrogen-bond acceptors (Lipinski definition) is 4. The molecule has 7 heteroatoms. The second-order valence-electron chi connectivity index (χ2n) is 6.21. The van der Waals surface area contributed by atoms with Crippen LogP contribution in [-0.4, -0.2) is 18.3 Å². The maximum absolute atomic E-state index is 12.1. The van der Waals surface area contributed by atoms with Crippen molar-refractivity contribution < 1.29 is 14.1 Å². The molecule has 0 atom stereocenters. The number of urea groups is 1. The third-order valence-corrected chi connectivity index (χ3v) is 3.63. The molecule has 0 saturated heterocycles. The molecule has 2 amide bonds. The Morgan fingerprint density at radius 1 is 1.26 bits per heavy atom. The number of amides is 2. The number of halogens is 1. The molecule has 1 aromatic heterocycles. The fourth-order valence-corrected chi connectivity index (χ4v) is 2.04. The number of carbonyl (C=O) groups excluding carboxylic acids is 1. The first-order valence-electron chi connectivity index (χ1n) is 7.10. The molecule has 1 aromatic carbocycles. The molecule has 1 heterocycles. The van der Waals surface area contributed by atoms with Crippen molar-refractivity contribution in [2.45, 2.75) is 33.1 Å². The van der Waals surface area contributed by atoms with E-state index in [0.717, 1.165) is 5.56 Å². The minimum atomic E-state index is -0.446. The van der Waals surface area contributed by atoms with Gasteiger partial charge in [-0.05, 0) is 18.6 Å². The van der Waals surface area contributed by atoms with Crippen LogP contribution in [0, 0.1) is 6.92 Å². The zero-order valence-corrected chi connectivity index (χ0v) is 14.5. The van der Waals surface area contributed by atoms with Gasteiger partial charge in [0.05, 0.1) is 12.8 Å². The van der Waals surface area contributed by atoms with E-state index in [4.69, 9.17) is 20.9 Å². The molecule has 0 spiro atoms. The SMILES string of the molecule is COc1cc(Cl)c(C)cc1NC(=O)Nc1cc(C(C)(C)C)on1. The number of aromatic nitrogens is 1. The number of benzene rings is 1. The number of rotatable bonds is 3. The largest absolute Gasteiger partial charge is 0.495 e. The van der Waals surface area contributed by atoms with Crippen molar-refractivity contribution in [3.63, 3.8) is 0 Å². The van der Waals surface area contributed by atoms with Crippen molar-refractivity contribution >= 4 is 29.1 Å². The Labute approximate surface area is 140 Å². The lowest BCUT2D eigenvalue weighted by atomic mass is 9.93. The van der Waals surface area contributed by atoms with E-state index in [-0.39, 0.29) is 5.41 Å². The van der Waals surface area contributed by atoms with E-state index in [1.54, 1.807) is 18.2 Å². The maximum Gasteiger partial charge on any atom is 0.325 e. The lowest BCUT2D eigenvalue weighted by Crippen LogP contribution is -2.20. The average molecular weight is 338 g/mol. The summed E-state index contributed by atoms with van der Waals surface area (Å²) in [5.41, 5.74) is 1.17. The van der Waals surface area contributed by atoms with Gasteiger partial charge in [0, 0.05) is 22.6 Å². The summed E-state index contributed by atoms with van der Waals surface area (Å²) in [7, 11) is 1.51. The number of nitrogens with zero attached hydrogens (tertiary/aromatic N) is 1. The lowest BCUT2D eigenvalue weighted by Gasteiger charge is -2.12. The van der Waals surface area contributed by atoms with Gasteiger partial charge in [-0.15, -0.1) is 0 Å². The summed E-state index contributed by atoms with van der Waals surface area (Å²) in [5.74, 6) is 1.51. The van der Waals surface area contributed by atoms with Crippen LogP contribution in [0.15, 0.2) is 22.7 Å². The second kappa shape index (κ2) is 6.50. The third-order valence-electron chi connectivity index (χ3n) is 3.22. The van der Waals surface area contributed by atoms with E-state index in [0.29, 0.717) is 28.0 Å². The van der Waals surface area contributed by atoms with E-state index < -0.39 is 6.03 Å². The molecule has 0 saturated carbocycles. The van der Waals surface area contributed by atoms with Gasteiger partial charge in [-0.25, -0.2) is 4.79 Å². The van der Waals surface area contributed by atoms with Crippen LogP contribution in [0.5, 0.6) is 5.75 Å². The Hall–Kier alpha value is -2.21. The van der Waals surface area contributed by atoms with Crippen LogP contribution in [0.4, 0.5) is 16.3 Å². The first-order chi connectivity index (χ1) is 10.7. The number of methoxy groups -OCH3 is 1. The fourth-order valence-electron chi connectivity index (χ4n) is 1.89. The summed E-state index contributed by atoms with van der Waals surface area (Å²) in [4.78, 5) is 12.1. The fraction of sp³-hybridized carbons (Fsp3) is 0.375. The van der Waals surface area contributed by atoms with Gasteiger partial charge in [0.15, 0.2) is 5.82 Å². The molecule has 0 unspecified atom stereocenters. The number of anilines is 2. The standard InChI is InChI=1S/C16H20ClN3O3/c1-9-6-11(12(22-5)7-10(9)17)18-15(21)19-14-8-13(23-20-14)16(2,3)4/h6-8H,1-5H3,(H2,18,19,20,21). The molecular weight excluding hydrogens is 318 g/mol. The average Bonchev–Trinajstić information content (AvgIpc) is 2.91. The number of nitrogens with one attached hydrogen (secondary N) is 2. The van der Waals surface area contributed by atoms with Crippen LogP contribution >= 0.6 is 11.6 Å². The van der Waals surface area contributed by atoms with E-state index >= 15 is 0 Å². The quantitative estimate of drug-likeness (QED) is 0.859. The summed E-state index contributed by atoms with van der Waals surface area (Å²) in [6.45, 7) is 7.84. The highest BCUT2D eigenvalue weighted by molar-refractivity contribution is 6.31. The molecule has 0 aliphatic heterocycles. The number of carbonyl (C=O) groups is 1. The Balaban J connectivity index is 2.11. The van der Waals surface area contributed by atoms with Gasteiger partial charge in [-0.3, -0.25) is 5.32 Å². The third kappa shape index (κ3) is 4.16. The summed E-state index contributed by atoms with van der Waals surface area (Å²) in [6.07, 6.45) is 0. The molecule has 124 valence electrons. The highest BCUT2D eigenvalue weighted by Crippen LogP contribution is 2.31. The summed E-state index contributed by atoms with van der Waals surface area (Å²) in [5, 5.41) is 9.74. The minimum absolute atomic E-state index is 0.181. The second-order valence-corrected chi connectivity index (χ2v) is 6.61. The predicted octanol–water partition coefficient (Wildman–Crippen LogP) is 4.59. The Kier molecular flexibility index (Phi) is 4.85. The highest BCUT2D eigenvalue weighted by Gasteiger charge is 2.20. The van der Waals surface area contributed by atoms with Gasteiger partial charge in [0.1, 0.15) is 11.5 Å². The van der Waals surface area contributed by atoms with Gasteiger partial charge in [0.2, 0.25) is 0 Å². The normalized spacial score (nSPS) is 11.2. The van der Waals surface area contributed by atoms with Crippen LogP contribution < -0.4 is 15.4 Å². The summed E-state index contributed by atoms with van der Waals surface area (Å²) >= 11 is 6.05. The zero-order valence-electron chi connectivity index (χ0n) is 13.8. The molecule has 2 rings (SSSR count). The number of ether oxygens (including phenoxy) is 1. The Morgan fingerprint density at radius 2 is 1.96 bits per heavy atom. The molecule has 23 heavy (non-hydrogen) atoms. The van der Waals surface area contributed by atoms with Crippen molar-refractivity contribution in [2.75, 3.05) is 17.7 Å². The molecule has 0 bridgehead atoms. The van der Waals surface area contributed by atoms with E-state index in [2.05, 4.69) is 15.8 Å². The molecule has 0 aliphatic rings. The van der Waals surface area contributed by atoms with Gasteiger partial charge in [-0.1, -0.05) is 37.5 Å². The zero-order chi connectivity index (χ0) is 17.2. The van der Waals surface area contributed by atoms with Crippen molar-refractivity contribution in [3.8, 4) is 5.75 Å². The van der Waals surface area contributed by atoms with Crippen LogP contribution in [0.2, 0.25) is 5.02 Å². The van der Waals surface area contributed by atoms with Crippen molar-refractivity contribution in [1.82, 2.24) is 5.16 Å². The minimum Gasteiger partial charge on any atom is -0.495 e. The number of hydrogen-bond donors (Lipinski definition) is 2. The predicted molar refractivity (Wildman–Crippen MR) is 90.6 cm³/mol. The highest BCUT2D eigenvalue weighted by atomic mass is 35.5. The smallest absolute Gasteiger partial charge is 0.325 e. The number of aryl methyl sites for hydroxylation is 1. The molecule has 0 fully saturated rings. The van der Waals surface area contributed by atoms with Gasteiger partial charge < -0.3 is 14.6 Å². The van der Waals surface area contributed by atoms with Crippen LogP contribution in [0.25, 0.3) is 0 Å². The lowest BCUT2D eigenvalue weighted by molar-refractivity contribution is 0.261. The van der Waals surface area contributed by atoms with Gasteiger partial charge in [0.25, 0.3) is 0 Å². The van der Waals surface area contributed by atoms with Crippen LogP contribution in [-0.2, 0) is 5.41 Å². The molecular formula is C16H20ClN3O3. The molecule has 2 N–H and O–H groups in total. The van der Waals surface area contributed by atoms with Gasteiger partial charge >= 0.3 is 6.03 Å². The van der Waals surface area contributed by atoms with E-state index in [9.17, 15) is 4.79 Å². The monoisotopic (exact) mass is 337 g/mol.